The first-order valence-corrected chi connectivity index (χ1v) is 10.8. The fourth-order valence-electron chi connectivity index (χ4n) is 4.19. The van der Waals surface area contributed by atoms with E-state index in [1.807, 2.05) is 18.2 Å². The number of pyridine rings is 1. The summed E-state index contributed by atoms with van der Waals surface area (Å²) in [5, 5.41) is 6.62. The molecule has 3 heterocycles. The number of benzene rings is 1. The molecule has 1 aromatic heterocycles. The van der Waals surface area contributed by atoms with Crippen LogP contribution >= 0.6 is 0 Å². The standard InChI is InChI=1S/C23H31N5O/c29-23(25-12-16-27-14-5-2-6-15-27)20-10-7-11-22(26-20)28-17-13-24-21(18-28)19-8-3-1-4-9-19/h1,3-4,7-11,21,24H,2,5-6,12-18H2,(H,25,29)/t21-/m0/s1. The van der Waals surface area contributed by atoms with Crippen LogP contribution in [0.2, 0.25) is 0 Å². The van der Waals surface area contributed by atoms with E-state index in [2.05, 4.69) is 49.7 Å². The Morgan fingerprint density at radius 3 is 2.69 bits per heavy atom. The topological polar surface area (TPSA) is 60.5 Å². The molecule has 29 heavy (non-hydrogen) atoms. The van der Waals surface area contributed by atoms with Crippen molar-refractivity contribution in [3.8, 4) is 0 Å². The van der Waals surface area contributed by atoms with Crippen LogP contribution < -0.4 is 15.5 Å². The van der Waals surface area contributed by atoms with E-state index in [0.29, 0.717) is 12.2 Å². The van der Waals surface area contributed by atoms with E-state index in [1.54, 1.807) is 6.07 Å². The number of carbonyl (C=O) groups is 1. The maximum Gasteiger partial charge on any atom is 0.270 e. The number of piperidine rings is 1. The van der Waals surface area contributed by atoms with Gasteiger partial charge in [-0.05, 0) is 43.6 Å². The van der Waals surface area contributed by atoms with Crippen LogP contribution in [0.25, 0.3) is 0 Å². The molecule has 1 atom stereocenters. The SMILES string of the molecule is O=C(NCCN1CCCCC1)c1cccc(N2CCN[C@H](c3ccccc3)C2)n1. The lowest BCUT2D eigenvalue weighted by atomic mass is 10.0. The molecule has 6 nitrogen and oxygen atoms in total. The summed E-state index contributed by atoms with van der Waals surface area (Å²) < 4.78 is 0. The van der Waals surface area contributed by atoms with E-state index >= 15 is 0 Å². The highest BCUT2D eigenvalue weighted by atomic mass is 16.1. The van der Waals surface area contributed by atoms with Crippen molar-refractivity contribution >= 4 is 11.7 Å². The molecule has 0 bridgehead atoms. The van der Waals surface area contributed by atoms with Crippen LogP contribution in [-0.2, 0) is 0 Å². The number of hydrogen-bond acceptors (Lipinski definition) is 5. The van der Waals surface area contributed by atoms with Crippen molar-refractivity contribution in [2.75, 3.05) is 50.7 Å². The molecule has 2 aromatic rings. The zero-order valence-corrected chi connectivity index (χ0v) is 17.0. The van der Waals surface area contributed by atoms with Crippen LogP contribution in [0.3, 0.4) is 0 Å². The summed E-state index contributed by atoms with van der Waals surface area (Å²) in [5.41, 5.74) is 1.78. The fourth-order valence-corrected chi connectivity index (χ4v) is 4.19. The number of piperazine rings is 1. The normalized spacial score (nSPS) is 20.4. The predicted octanol–water partition coefficient (Wildman–Crippen LogP) is 2.45. The lowest BCUT2D eigenvalue weighted by molar-refractivity contribution is 0.0941. The van der Waals surface area contributed by atoms with Crippen molar-refractivity contribution in [1.82, 2.24) is 20.5 Å². The van der Waals surface area contributed by atoms with Crippen LogP contribution in [0.15, 0.2) is 48.5 Å². The smallest absolute Gasteiger partial charge is 0.270 e. The summed E-state index contributed by atoms with van der Waals surface area (Å²) in [6.45, 7) is 6.52. The molecule has 0 radical (unpaired) electrons. The zero-order valence-electron chi connectivity index (χ0n) is 17.0. The highest BCUT2D eigenvalue weighted by Gasteiger charge is 2.22. The van der Waals surface area contributed by atoms with Crippen molar-refractivity contribution in [3.63, 3.8) is 0 Å². The van der Waals surface area contributed by atoms with Gasteiger partial charge in [-0.15, -0.1) is 0 Å². The van der Waals surface area contributed by atoms with Crippen molar-refractivity contribution in [3.05, 3.63) is 59.8 Å². The van der Waals surface area contributed by atoms with E-state index in [-0.39, 0.29) is 11.9 Å². The summed E-state index contributed by atoms with van der Waals surface area (Å²) in [6, 6.07) is 16.5. The van der Waals surface area contributed by atoms with Gasteiger partial charge in [-0.25, -0.2) is 4.98 Å². The van der Waals surface area contributed by atoms with Crippen LogP contribution in [0.5, 0.6) is 0 Å². The third-order valence-corrected chi connectivity index (χ3v) is 5.83. The molecular weight excluding hydrogens is 362 g/mol. The van der Waals surface area contributed by atoms with E-state index in [0.717, 1.165) is 45.1 Å². The molecule has 2 aliphatic heterocycles. The van der Waals surface area contributed by atoms with Gasteiger partial charge in [0.1, 0.15) is 11.5 Å². The summed E-state index contributed by atoms with van der Waals surface area (Å²) in [6.07, 6.45) is 3.87. The molecule has 1 amide bonds. The largest absolute Gasteiger partial charge is 0.353 e. The summed E-state index contributed by atoms with van der Waals surface area (Å²) >= 11 is 0. The monoisotopic (exact) mass is 393 g/mol. The number of amides is 1. The van der Waals surface area contributed by atoms with Crippen molar-refractivity contribution in [2.24, 2.45) is 0 Å². The molecule has 2 fully saturated rings. The Balaban J connectivity index is 1.34. The maximum absolute atomic E-state index is 12.6. The van der Waals surface area contributed by atoms with Gasteiger partial charge in [0.05, 0.1) is 0 Å². The van der Waals surface area contributed by atoms with Crippen LogP contribution in [0.4, 0.5) is 5.82 Å². The second-order valence-electron chi connectivity index (χ2n) is 7.90. The Bertz CT molecular complexity index is 791. The maximum atomic E-state index is 12.6. The molecule has 0 aliphatic carbocycles. The number of nitrogens with one attached hydrogen (secondary N) is 2. The second-order valence-corrected chi connectivity index (χ2v) is 7.90. The molecule has 1 aromatic carbocycles. The van der Waals surface area contributed by atoms with E-state index in [9.17, 15) is 4.79 Å². The van der Waals surface area contributed by atoms with Crippen LogP contribution in [-0.4, -0.2) is 61.6 Å². The van der Waals surface area contributed by atoms with E-state index in [1.165, 1.54) is 24.8 Å². The minimum absolute atomic E-state index is 0.0846. The molecule has 2 saturated heterocycles. The van der Waals surface area contributed by atoms with E-state index in [4.69, 9.17) is 0 Å². The Morgan fingerprint density at radius 1 is 1.03 bits per heavy atom. The number of hydrogen-bond donors (Lipinski definition) is 2. The summed E-state index contributed by atoms with van der Waals surface area (Å²) in [7, 11) is 0. The first kappa shape index (κ1) is 19.9. The average Bonchev–Trinajstić information content (AvgIpc) is 2.80. The number of rotatable bonds is 6. The van der Waals surface area contributed by atoms with Gasteiger partial charge in [0, 0.05) is 38.8 Å². The second kappa shape index (κ2) is 9.85. The van der Waals surface area contributed by atoms with Gasteiger partial charge < -0.3 is 20.4 Å². The Kier molecular flexibility index (Phi) is 6.75. The van der Waals surface area contributed by atoms with Crippen molar-refractivity contribution in [1.29, 1.82) is 0 Å². The number of likely N-dealkylation sites (tertiary alicyclic amines) is 1. The number of anilines is 1. The zero-order chi connectivity index (χ0) is 19.9. The minimum Gasteiger partial charge on any atom is -0.353 e. The average molecular weight is 394 g/mol. The quantitative estimate of drug-likeness (QED) is 0.789. The van der Waals surface area contributed by atoms with Gasteiger partial charge in [-0.2, -0.15) is 0 Å². The van der Waals surface area contributed by atoms with Gasteiger partial charge in [0.25, 0.3) is 5.91 Å². The molecule has 0 saturated carbocycles. The number of nitrogens with zero attached hydrogens (tertiary/aromatic N) is 3. The molecule has 2 aliphatic rings. The van der Waals surface area contributed by atoms with Crippen LogP contribution in [0, 0.1) is 0 Å². The van der Waals surface area contributed by atoms with Gasteiger partial charge in [0.2, 0.25) is 0 Å². The first-order valence-electron chi connectivity index (χ1n) is 10.8. The molecule has 154 valence electrons. The van der Waals surface area contributed by atoms with Gasteiger partial charge in [-0.3, -0.25) is 4.79 Å². The Hall–Kier alpha value is -2.44. The Morgan fingerprint density at radius 2 is 1.86 bits per heavy atom. The number of aromatic nitrogens is 1. The fraction of sp³-hybridized carbons (Fsp3) is 0.478. The Labute approximate surface area is 173 Å². The highest BCUT2D eigenvalue weighted by Crippen LogP contribution is 2.21. The minimum atomic E-state index is -0.0846. The first-order chi connectivity index (χ1) is 14.3. The molecule has 0 spiro atoms. The molecule has 0 unspecified atom stereocenters. The van der Waals surface area contributed by atoms with Gasteiger partial charge >= 0.3 is 0 Å². The molecule has 4 rings (SSSR count). The lowest BCUT2D eigenvalue weighted by Crippen LogP contribution is -2.46. The van der Waals surface area contributed by atoms with Crippen LogP contribution in [0.1, 0.15) is 41.4 Å². The molecule has 2 N–H and O–H groups in total. The highest BCUT2D eigenvalue weighted by molar-refractivity contribution is 5.92. The summed E-state index contributed by atoms with van der Waals surface area (Å²) in [4.78, 5) is 21.9. The third kappa shape index (κ3) is 5.34. The van der Waals surface area contributed by atoms with Crippen molar-refractivity contribution in [2.45, 2.75) is 25.3 Å². The third-order valence-electron chi connectivity index (χ3n) is 5.83. The summed E-state index contributed by atoms with van der Waals surface area (Å²) in [5.74, 6) is 0.787. The van der Waals surface area contributed by atoms with Gasteiger partial charge in [0.15, 0.2) is 0 Å². The number of carbonyl (C=O) groups excluding carboxylic acids is 1. The predicted molar refractivity (Wildman–Crippen MR) is 116 cm³/mol. The van der Waals surface area contributed by atoms with E-state index < -0.39 is 0 Å². The molecular formula is C23H31N5O. The van der Waals surface area contributed by atoms with Gasteiger partial charge in [-0.1, -0.05) is 42.8 Å². The molecule has 6 heteroatoms. The van der Waals surface area contributed by atoms with Crippen molar-refractivity contribution < 1.29 is 4.79 Å². The lowest BCUT2D eigenvalue weighted by Gasteiger charge is -2.35.